The Balaban J connectivity index is 1.99. The fourth-order valence-corrected chi connectivity index (χ4v) is 4.86. The van der Waals surface area contributed by atoms with Crippen LogP contribution in [0, 0.1) is 11.8 Å². The molecule has 2 fully saturated rings. The molecular formula is C19H38N2. The molecule has 1 aliphatic heterocycles. The Bertz CT molecular complexity index is 291. The van der Waals surface area contributed by atoms with Crippen molar-refractivity contribution in [2.75, 3.05) is 19.6 Å². The average molecular weight is 295 g/mol. The van der Waals surface area contributed by atoms with Crippen molar-refractivity contribution in [1.29, 1.82) is 0 Å². The third kappa shape index (κ3) is 4.45. The standard InChI is InChI=1S/C19H38N2/c1-3-7-18-9-6-14-21(15-11-18)19(16-20)12-5-8-17(4-2)10-13-19/h17-18H,3-16,20H2,1-2H3. The molecule has 2 heteroatoms. The topological polar surface area (TPSA) is 29.3 Å². The third-order valence-electron chi connectivity index (χ3n) is 6.45. The summed E-state index contributed by atoms with van der Waals surface area (Å²) in [5, 5.41) is 0. The molecule has 0 amide bonds. The smallest absolute Gasteiger partial charge is 0.0331 e. The van der Waals surface area contributed by atoms with Crippen molar-refractivity contribution < 1.29 is 0 Å². The van der Waals surface area contributed by atoms with Crippen molar-refractivity contribution in [3.8, 4) is 0 Å². The summed E-state index contributed by atoms with van der Waals surface area (Å²) in [5.74, 6) is 1.93. The molecule has 2 nitrogen and oxygen atoms in total. The van der Waals surface area contributed by atoms with E-state index in [9.17, 15) is 0 Å². The molecule has 2 N–H and O–H groups in total. The van der Waals surface area contributed by atoms with Crippen molar-refractivity contribution in [2.24, 2.45) is 17.6 Å². The van der Waals surface area contributed by atoms with E-state index in [-0.39, 0.29) is 0 Å². The first-order valence-corrected chi connectivity index (χ1v) is 9.69. The first-order valence-electron chi connectivity index (χ1n) is 9.69. The molecule has 0 spiro atoms. The Morgan fingerprint density at radius 2 is 1.76 bits per heavy atom. The molecular weight excluding hydrogens is 256 g/mol. The number of nitrogens with zero attached hydrogens (tertiary/aromatic N) is 1. The van der Waals surface area contributed by atoms with E-state index in [0.29, 0.717) is 5.54 Å². The maximum absolute atomic E-state index is 6.33. The van der Waals surface area contributed by atoms with E-state index in [1.807, 2.05) is 0 Å². The lowest BCUT2D eigenvalue weighted by Gasteiger charge is -2.43. The van der Waals surface area contributed by atoms with Gasteiger partial charge in [-0.05, 0) is 63.5 Å². The van der Waals surface area contributed by atoms with Crippen LogP contribution in [0.1, 0.15) is 84.5 Å². The fraction of sp³-hybridized carbons (Fsp3) is 1.00. The van der Waals surface area contributed by atoms with E-state index in [4.69, 9.17) is 5.73 Å². The summed E-state index contributed by atoms with van der Waals surface area (Å²) in [6.07, 6.45) is 15.3. The first-order chi connectivity index (χ1) is 10.2. The van der Waals surface area contributed by atoms with Crippen LogP contribution < -0.4 is 5.73 Å². The molecule has 1 aliphatic carbocycles. The normalized spacial score (nSPS) is 36.1. The highest BCUT2D eigenvalue weighted by atomic mass is 15.2. The first kappa shape index (κ1) is 17.3. The second-order valence-corrected chi connectivity index (χ2v) is 7.71. The highest BCUT2D eigenvalue weighted by Crippen LogP contribution is 2.37. The number of hydrogen-bond acceptors (Lipinski definition) is 2. The average Bonchev–Trinajstić information content (AvgIpc) is 2.86. The molecule has 124 valence electrons. The lowest BCUT2D eigenvalue weighted by atomic mass is 9.87. The molecule has 0 aromatic carbocycles. The highest BCUT2D eigenvalue weighted by Gasteiger charge is 2.37. The summed E-state index contributed by atoms with van der Waals surface area (Å²) in [6, 6.07) is 0. The zero-order valence-corrected chi connectivity index (χ0v) is 14.6. The molecule has 1 saturated carbocycles. The molecule has 1 saturated heterocycles. The van der Waals surface area contributed by atoms with Gasteiger partial charge in [-0.25, -0.2) is 0 Å². The highest BCUT2D eigenvalue weighted by molar-refractivity contribution is 4.95. The zero-order chi connectivity index (χ0) is 15.1. The van der Waals surface area contributed by atoms with Crippen LogP contribution in [0.15, 0.2) is 0 Å². The summed E-state index contributed by atoms with van der Waals surface area (Å²) in [7, 11) is 0. The van der Waals surface area contributed by atoms with Gasteiger partial charge in [-0.15, -0.1) is 0 Å². The van der Waals surface area contributed by atoms with Crippen LogP contribution in [-0.4, -0.2) is 30.1 Å². The molecule has 2 rings (SSSR count). The minimum atomic E-state index is 0.338. The van der Waals surface area contributed by atoms with Crippen LogP contribution in [0.25, 0.3) is 0 Å². The van der Waals surface area contributed by atoms with Crippen LogP contribution >= 0.6 is 0 Å². The Kier molecular flexibility index (Phi) is 7.01. The van der Waals surface area contributed by atoms with E-state index in [1.165, 1.54) is 83.7 Å². The molecule has 0 aromatic heterocycles. The molecule has 0 aromatic rings. The summed E-state index contributed by atoms with van der Waals surface area (Å²) >= 11 is 0. The van der Waals surface area contributed by atoms with E-state index >= 15 is 0 Å². The second kappa shape index (κ2) is 8.53. The lowest BCUT2D eigenvalue weighted by molar-refractivity contribution is 0.0792. The zero-order valence-electron chi connectivity index (χ0n) is 14.6. The van der Waals surface area contributed by atoms with Crippen LogP contribution in [0.4, 0.5) is 0 Å². The largest absolute Gasteiger partial charge is 0.329 e. The van der Waals surface area contributed by atoms with Crippen LogP contribution in [0.2, 0.25) is 0 Å². The minimum absolute atomic E-state index is 0.338. The quantitative estimate of drug-likeness (QED) is 0.752. The van der Waals surface area contributed by atoms with Crippen molar-refractivity contribution >= 4 is 0 Å². The molecule has 0 radical (unpaired) electrons. The number of likely N-dealkylation sites (tertiary alicyclic amines) is 1. The third-order valence-corrected chi connectivity index (χ3v) is 6.45. The van der Waals surface area contributed by atoms with Crippen molar-refractivity contribution in [3.63, 3.8) is 0 Å². The van der Waals surface area contributed by atoms with Crippen molar-refractivity contribution in [1.82, 2.24) is 4.90 Å². The SMILES string of the molecule is CCCC1CCCN(C2(CN)CCCC(CC)CC2)CC1. The van der Waals surface area contributed by atoms with Crippen LogP contribution in [0.5, 0.6) is 0 Å². The fourth-order valence-electron chi connectivity index (χ4n) is 4.86. The number of rotatable bonds is 5. The summed E-state index contributed by atoms with van der Waals surface area (Å²) in [5.41, 5.74) is 6.67. The molecule has 3 unspecified atom stereocenters. The second-order valence-electron chi connectivity index (χ2n) is 7.71. The predicted octanol–water partition coefficient (Wildman–Crippen LogP) is 4.58. The Hall–Kier alpha value is -0.0800. The van der Waals surface area contributed by atoms with Gasteiger partial charge >= 0.3 is 0 Å². The predicted molar refractivity (Wildman–Crippen MR) is 92.5 cm³/mol. The van der Waals surface area contributed by atoms with E-state index in [2.05, 4.69) is 18.7 Å². The van der Waals surface area contributed by atoms with Crippen molar-refractivity contribution in [2.45, 2.75) is 90.0 Å². The van der Waals surface area contributed by atoms with Gasteiger partial charge in [0, 0.05) is 12.1 Å². The lowest BCUT2D eigenvalue weighted by Crippen LogP contribution is -2.54. The monoisotopic (exact) mass is 294 g/mol. The van der Waals surface area contributed by atoms with Gasteiger partial charge in [0.2, 0.25) is 0 Å². The van der Waals surface area contributed by atoms with Gasteiger partial charge in [-0.3, -0.25) is 4.90 Å². The van der Waals surface area contributed by atoms with Crippen LogP contribution in [0.3, 0.4) is 0 Å². The molecule has 3 atom stereocenters. The van der Waals surface area contributed by atoms with Gasteiger partial charge in [-0.1, -0.05) is 46.0 Å². The van der Waals surface area contributed by atoms with E-state index < -0.39 is 0 Å². The number of hydrogen-bond donors (Lipinski definition) is 1. The van der Waals surface area contributed by atoms with Gasteiger partial charge in [0.1, 0.15) is 0 Å². The Morgan fingerprint density at radius 1 is 0.952 bits per heavy atom. The molecule has 0 bridgehead atoms. The summed E-state index contributed by atoms with van der Waals surface area (Å²) < 4.78 is 0. The maximum Gasteiger partial charge on any atom is 0.0331 e. The Morgan fingerprint density at radius 3 is 2.48 bits per heavy atom. The van der Waals surface area contributed by atoms with Gasteiger partial charge in [0.15, 0.2) is 0 Å². The van der Waals surface area contributed by atoms with Gasteiger partial charge in [0.05, 0.1) is 0 Å². The Labute approximate surface area is 132 Å². The van der Waals surface area contributed by atoms with Gasteiger partial charge in [0.25, 0.3) is 0 Å². The maximum atomic E-state index is 6.33. The van der Waals surface area contributed by atoms with Crippen LogP contribution in [-0.2, 0) is 0 Å². The summed E-state index contributed by atoms with van der Waals surface area (Å²) in [6.45, 7) is 8.18. The number of nitrogens with two attached hydrogens (primary N) is 1. The molecule has 2 aliphatic rings. The summed E-state index contributed by atoms with van der Waals surface area (Å²) in [4.78, 5) is 2.82. The van der Waals surface area contributed by atoms with Crippen molar-refractivity contribution in [3.05, 3.63) is 0 Å². The van der Waals surface area contributed by atoms with Gasteiger partial charge in [-0.2, -0.15) is 0 Å². The van der Waals surface area contributed by atoms with E-state index in [0.717, 1.165) is 18.4 Å². The van der Waals surface area contributed by atoms with Gasteiger partial charge < -0.3 is 5.73 Å². The molecule has 1 heterocycles. The minimum Gasteiger partial charge on any atom is -0.329 e. The van der Waals surface area contributed by atoms with E-state index in [1.54, 1.807) is 0 Å². The molecule has 21 heavy (non-hydrogen) atoms.